The van der Waals surface area contributed by atoms with Gasteiger partial charge in [0.05, 0.1) is 6.61 Å². The Labute approximate surface area is 154 Å². The Morgan fingerprint density at radius 1 is 1.40 bits per heavy atom. The molecular formula is C15H19ClN5O3S+. The molecule has 1 saturated heterocycles. The Morgan fingerprint density at radius 2 is 2.12 bits per heavy atom. The molecule has 0 bridgehead atoms. The van der Waals surface area contributed by atoms with E-state index in [0.717, 1.165) is 0 Å². The van der Waals surface area contributed by atoms with E-state index in [-0.39, 0.29) is 23.5 Å². The molecule has 2 aromatic rings. The number of rotatable bonds is 2. The number of nitrogens with two attached hydrogens (primary N) is 1. The Hall–Kier alpha value is -2.07. The number of nitrogens with zero attached hydrogens (tertiary/aromatic N) is 4. The number of para-hydroxylation sites is 1. The number of amides is 3. The maximum absolute atomic E-state index is 13.2. The van der Waals surface area contributed by atoms with E-state index in [1.807, 2.05) is 18.2 Å². The van der Waals surface area contributed by atoms with Crippen LogP contribution in [0, 0.1) is 0 Å². The van der Waals surface area contributed by atoms with Gasteiger partial charge in [0.15, 0.2) is 0 Å². The van der Waals surface area contributed by atoms with Gasteiger partial charge in [-0.05, 0) is 12.1 Å². The first kappa shape index (κ1) is 19.3. The van der Waals surface area contributed by atoms with Crippen LogP contribution in [0.15, 0.2) is 40.8 Å². The number of aromatic nitrogens is 2. The quantitative estimate of drug-likeness (QED) is 0.774. The SMILES string of the molecule is Cl.Cn1ncsc1=NC(=O)[N+]1(c2ccccc2)CCOCC1C(N)=O. The summed E-state index contributed by atoms with van der Waals surface area (Å²) in [5.41, 5.74) is 7.85. The van der Waals surface area contributed by atoms with Crippen LogP contribution >= 0.6 is 23.7 Å². The predicted molar refractivity (Wildman–Crippen MR) is 96.2 cm³/mol. The lowest BCUT2D eigenvalue weighted by atomic mass is 10.1. The van der Waals surface area contributed by atoms with Gasteiger partial charge in [0.1, 0.15) is 24.3 Å². The average Bonchev–Trinajstić information content (AvgIpc) is 3.00. The molecule has 0 saturated carbocycles. The van der Waals surface area contributed by atoms with Crippen molar-refractivity contribution in [3.05, 3.63) is 40.6 Å². The highest BCUT2D eigenvalue weighted by atomic mass is 35.5. The summed E-state index contributed by atoms with van der Waals surface area (Å²) in [7, 11) is 1.71. The number of halogens is 1. The third-order valence-corrected chi connectivity index (χ3v) is 4.90. The van der Waals surface area contributed by atoms with Crippen LogP contribution < -0.4 is 15.0 Å². The first-order valence-electron chi connectivity index (χ1n) is 7.42. The van der Waals surface area contributed by atoms with Gasteiger partial charge in [0, 0.05) is 7.05 Å². The standard InChI is InChI=1S/C15H17N5O3S.ClH/c1-19-14(24-10-17-19)18-15(22)20(11-5-3-2-4-6-11)7-8-23-9-12(20)13(16)21;/h2-6,10,12H,7-9H2,1H3,(H-,16,21);1H/p+1. The number of hydrogen-bond acceptors (Lipinski definition) is 5. The van der Waals surface area contributed by atoms with Gasteiger partial charge in [-0.2, -0.15) is 9.58 Å². The van der Waals surface area contributed by atoms with Crippen molar-refractivity contribution in [3.8, 4) is 0 Å². The number of quaternary nitrogens is 1. The van der Waals surface area contributed by atoms with E-state index >= 15 is 0 Å². The zero-order valence-electron chi connectivity index (χ0n) is 13.6. The van der Waals surface area contributed by atoms with Crippen molar-refractivity contribution in [2.24, 2.45) is 17.8 Å². The fraction of sp³-hybridized carbons (Fsp3) is 0.333. The second-order valence-electron chi connectivity index (χ2n) is 5.46. The van der Waals surface area contributed by atoms with E-state index in [2.05, 4.69) is 10.1 Å². The van der Waals surface area contributed by atoms with Crippen molar-refractivity contribution in [3.63, 3.8) is 0 Å². The van der Waals surface area contributed by atoms with Crippen LogP contribution in [-0.4, -0.2) is 47.5 Å². The molecule has 1 fully saturated rings. The molecular weight excluding hydrogens is 366 g/mol. The molecule has 0 radical (unpaired) electrons. The molecule has 2 unspecified atom stereocenters. The van der Waals surface area contributed by atoms with E-state index in [1.54, 1.807) is 24.7 Å². The van der Waals surface area contributed by atoms with Gasteiger partial charge in [0.25, 0.3) is 5.91 Å². The summed E-state index contributed by atoms with van der Waals surface area (Å²) in [4.78, 5) is 29.9. The van der Waals surface area contributed by atoms with Crippen molar-refractivity contribution in [2.75, 3.05) is 19.8 Å². The predicted octanol–water partition coefficient (Wildman–Crippen LogP) is 0.816. The van der Waals surface area contributed by atoms with E-state index in [0.29, 0.717) is 23.6 Å². The van der Waals surface area contributed by atoms with Crippen LogP contribution in [0.25, 0.3) is 0 Å². The van der Waals surface area contributed by atoms with Crippen LogP contribution in [-0.2, 0) is 16.6 Å². The van der Waals surface area contributed by atoms with E-state index in [1.165, 1.54) is 16.0 Å². The number of primary amides is 1. The summed E-state index contributed by atoms with van der Waals surface area (Å²) in [6.45, 7) is 0.720. The molecule has 2 N–H and O–H groups in total. The number of aryl methyl sites for hydroxylation is 1. The molecule has 2 heterocycles. The van der Waals surface area contributed by atoms with Gasteiger partial charge in [-0.15, -0.1) is 17.4 Å². The molecule has 25 heavy (non-hydrogen) atoms. The lowest BCUT2D eigenvalue weighted by Crippen LogP contribution is -2.69. The van der Waals surface area contributed by atoms with Crippen molar-refractivity contribution < 1.29 is 14.3 Å². The Bertz CT molecular complexity index is 822. The first-order chi connectivity index (χ1) is 11.6. The molecule has 10 heteroatoms. The van der Waals surface area contributed by atoms with Crippen molar-refractivity contribution in [1.29, 1.82) is 0 Å². The van der Waals surface area contributed by atoms with E-state index < -0.39 is 18.0 Å². The van der Waals surface area contributed by atoms with Gasteiger partial charge in [0.2, 0.25) is 10.8 Å². The Balaban J connectivity index is 0.00000225. The lowest BCUT2D eigenvalue weighted by molar-refractivity contribution is -0.126. The summed E-state index contributed by atoms with van der Waals surface area (Å²) in [6.07, 6.45) is 0. The van der Waals surface area contributed by atoms with Crippen molar-refractivity contribution >= 4 is 41.4 Å². The zero-order valence-corrected chi connectivity index (χ0v) is 15.2. The molecule has 3 rings (SSSR count). The van der Waals surface area contributed by atoms with Crippen LogP contribution in [0.5, 0.6) is 0 Å². The monoisotopic (exact) mass is 384 g/mol. The number of benzene rings is 1. The number of urea groups is 1. The smallest absolute Gasteiger partial charge is 0.369 e. The summed E-state index contributed by atoms with van der Waals surface area (Å²) < 4.78 is 6.65. The summed E-state index contributed by atoms with van der Waals surface area (Å²) in [5.74, 6) is -0.587. The topological polar surface area (TPSA) is 99.6 Å². The number of carbonyl (C=O) groups excluding carboxylic acids is 2. The molecule has 2 atom stereocenters. The van der Waals surface area contributed by atoms with Crippen molar-refractivity contribution in [1.82, 2.24) is 14.3 Å². The van der Waals surface area contributed by atoms with Gasteiger partial charge in [-0.25, -0.2) is 9.48 Å². The van der Waals surface area contributed by atoms with Crippen molar-refractivity contribution in [2.45, 2.75) is 6.04 Å². The maximum atomic E-state index is 13.2. The summed E-state index contributed by atoms with van der Waals surface area (Å²) in [5, 5.41) is 4.03. The van der Waals surface area contributed by atoms with Crippen LogP contribution in [0.2, 0.25) is 0 Å². The third kappa shape index (κ3) is 3.49. The van der Waals surface area contributed by atoms with Crippen LogP contribution in [0.1, 0.15) is 0 Å². The highest BCUT2D eigenvalue weighted by Gasteiger charge is 2.52. The molecule has 1 aromatic heterocycles. The summed E-state index contributed by atoms with van der Waals surface area (Å²) in [6, 6.07) is 7.84. The van der Waals surface area contributed by atoms with E-state index in [9.17, 15) is 9.59 Å². The second-order valence-corrected chi connectivity index (χ2v) is 6.27. The minimum Gasteiger partial charge on any atom is -0.369 e. The maximum Gasteiger partial charge on any atom is 0.451 e. The lowest BCUT2D eigenvalue weighted by Gasteiger charge is -2.41. The Morgan fingerprint density at radius 3 is 2.72 bits per heavy atom. The minimum atomic E-state index is -0.823. The number of carbonyl (C=O) groups is 2. The molecule has 1 aromatic carbocycles. The van der Waals surface area contributed by atoms with Crippen LogP contribution in [0.3, 0.4) is 0 Å². The molecule has 1 aliphatic heterocycles. The molecule has 3 amide bonds. The second kappa shape index (κ2) is 7.87. The fourth-order valence-corrected chi connectivity index (χ4v) is 3.48. The number of hydrogen-bond donors (Lipinski definition) is 1. The minimum absolute atomic E-state index is 0. The van der Waals surface area contributed by atoms with Gasteiger partial charge in [-0.3, -0.25) is 4.79 Å². The molecule has 1 aliphatic rings. The zero-order chi connectivity index (χ0) is 17.2. The number of ether oxygens (including phenoxy) is 1. The average molecular weight is 385 g/mol. The highest BCUT2D eigenvalue weighted by Crippen LogP contribution is 2.30. The van der Waals surface area contributed by atoms with Crippen LogP contribution in [0.4, 0.5) is 10.5 Å². The third-order valence-electron chi connectivity index (χ3n) is 4.13. The van der Waals surface area contributed by atoms with E-state index in [4.69, 9.17) is 10.5 Å². The first-order valence-corrected chi connectivity index (χ1v) is 8.30. The highest BCUT2D eigenvalue weighted by molar-refractivity contribution is 7.06. The largest absolute Gasteiger partial charge is 0.451 e. The number of morpholine rings is 1. The van der Waals surface area contributed by atoms with Gasteiger partial charge in [-0.1, -0.05) is 29.5 Å². The molecule has 134 valence electrons. The summed E-state index contributed by atoms with van der Waals surface area (Å²) >= 11 is 1.25. The normalized spacial score (nSPS) is 23.7. The molecule has 8 nitrogen and oxygen atoms in total. The molecule has 0 aliphatic carbocycles. The van der Waals surface area contributed by atoms with Gasteiger partial charge >= 0.3 is 6.03 Å². The Kier molecular flexibility index (Phi) is 6.07. The van der Waals surface area contributed by atoms with Gasteiger partial charge < -0.3 is 10.5 Å². The fourth-order valence-electron chi connectivity index (χ4n) is 2.87. The molecule has 0 spiro atoms.